The van der Waals surface area contributed by atoms with Crippen molar-refractivity contribution in [3.8, 4) is 11.5 Å². The highest BCUT2D eigenvalue weighted by molar-refractivity contribution is 5.74. The Hall–Kier alpha value is -1.95. The van der Waals surface area contributed by atoms with Crippen LogP contribution < -0.4 is 14.8 Å². The molecule has 2 amide bonds. The van der Waals surface area contributed by atoms with Gasteiger partial charge in [0.05, 0.1) is 12.1 Å². The molecule has 2 aliphatic rings. The fourth-order valence-electron chi connectivity index (χ4n) is 2.78. The van der Waals surface area contributed by atoms with Crippen LogP contribution in [0.5, 0.6) is 11.5 Å². The summed E-state index contributed by atoms with van der Waals surface area (Å²) in [4.78, 5) is 13.9. The third kappa shape index (κ3) is 3.27. The highest BCUT2D eigenvalue weighted by Crippen LogP contribution is 2.32. The molecule has 1 fully saturated rings. The molecule has 0 spiro atoms. The van der Waals surface area contributed by atoms with Crippen LogP contribution in [0.15, 0.2) is 18.2 Å². The van der Waals surface area contributed by atoms with E-state index in [-0.39, 0.29) is 25.0 Å². The van der Waals surface area contributed by atoms with Gasteiger partial charge in [-0.05, 0) is 37.5 Å². The molecule has 0 bridgehead atoms. The number of hydrogen-bond donors (Lipinski definition) is 1. The molecule has 2 unspecified atom stereocenters. The first-order valence-electron chi connectivity index (χ1n) is 7.65. The summed E-state index contributed by atoms with van der Waals surface area (Å²) in [5.74, 6) is 1.49. The Morgan fingerprint density at radius 3 is 3.00 bits per heavy atom. The minimum absolute atomic E-state index is 0.0224. The summed E-state index contributed by atoms with van der Waals surface area (Å²) in [7, 11) is 1.78. The van der Waals surface area contributed by atoms with Gasteiger partial charge in [0, 0.05) is 20.2 Å². The minimum Gasteiger partial charge on any atom is -0.454 e. The second kappa shape index (κ2) is 6.44. The standard InChI is InChI=1S/C16H22N2O4/c1-11(13-4-3-7-20-13)17-16(19)18(2)9-12-5-6-14-15(8-12)22-10-21-14/h5-6,8,11,13H,3-4,7,9-10H2,1-2H3,(H,17,19). The van der Waals surface area contributed by atoms with E-state index < -0.39 is 0 Å². The number of nitrogens with one attached hydrogen (secondary N) is 1. The normalized spacial score (nSPS) is 20.7. The van der Waals surface area contributed by atoms with Crippen LogP contribution in [-0.4, -0.2) is 43.5 Å². The van der Waals surface area contributed by atoms with Crippen molar-refractivity contribution in [1.29, 1.82) is 0 Å². The highest BCUT2D eigenvalue weighted by atomic mass is 16.7. The van der Waals surface area contributed by atoms with Gasteiger partial charge in [0.2, 0.25) is 6.79 Å². The van der Waals surface area contributed by atoms with Gasteiger partial charge in [-0.1, -0.05) is 6.07 Å². The second-order valence-corrected chi connectivity index (χ2v) is 5.83. The Morgan fingerprint density at radius 2 is 2.23 bits per heavy atom. The van der Waals surface area contributed by atoms with Crippen LogP contribution in [0.25, 0.3) is 0 Å². The molecule has 0 aliphatic carbocycles. The first-order chi connectivity index (χ1) is 10.6. The van der Waals surface area contributed by atoms with Gasteiger partial charge in [-0.3, -0.25) is 0 Å². The second-order valence-electron chi connectivity index (χ2n) is 5.83. The third-order valence-corrected chi connectivity index (χ3v) is 4.08. The molecule has 0 aromatic heterocycles. The summed E-state index contributed by atoms with van der Waals surface area (Å²) in [6, 6.07) is 5.66. The maximum absolute atomic E-state index is 12.3. The van der Waals surface area contributed by atoms with Crippen LogP contribution in [0.1, 0.15) is 25.3 Å². The summed E-state index contributed by atoms with van der Waals surface area (Å²) in [6.07, 6.45) is 2.20. The number of hydrogen-bond acceptors (Lipinski definition) is 4. The van der Waals surface area contributed by atoms with E-state index in [4.69, 9.17) is 14.2 Å². The fraction of sp³-hybridized carbons (Fsp3) is 0.562. The molecular weight excluding hydrogens is 284 g/mol. The molecule has 1 N–H and O–H groups in total. The van der Waals surface area contributed by atoms with Crippen molar-refractivity contribution in [2.45, 2.75) is 38.5 Å². The number of nitrogens with zero attached hydrogens (tertiary/aromatic N) is 1. The average Bonchev–Trinajstić information content (AvgIpc) is 3.18. The molecule has 0 saturated carbocycles. The monoisotopic (exact) mass is 306 g/mol. The van der Waals surface area contributed by atoms with Gasteiger partial charge in [-0.2, -0.15) is 0 Å². The number of ether oxygens (including phenoxy) is 3. The summed E-state index contributed by atoms with van der Waals surface area (Å²) in [5.41, 5.74) is 1.01. The number of benzene rings is 1. The van der Waals surface area contributed by atoms with Crippen molar-refractivity contribution >= 4 is 6.03 Å². The Morgan fingerprint density at radius 1 is 1.41 bits per heavy atom. The zero-order valence-corrected chi connectivity index (χ0v) is 13.0. The van der Waals surface area contributed by atoms with Gasteiger partial charge in [-0.15, -0.1) is 0 Å². The fourth-order valence-corrected chi connectivity index (χ4v) is 2.78. The molecule has 1 aromatic carbocycles. The van der Waals surface area contributed by atoms with Crippen LogP contribution in [0.4, 0.5) is 4.79 Å². The van der Waals surface area contributed by atoms with E-state index in [2.05, 4.69) is 5.32 Å². The molecule has 1 aromatic rings. The summed E-state index contributed by atoms with van der Waals surface area (Å²) >= 11 is 0. The lowest BCUT2D eigenvalue weighted by Crippen LogP contribution is -2.46. The number of amides is 2. The van der Waals surface area contributed by atoms with E-state index in [1.165, 1.54) is 0 Å². The lowest BCUT2D eigenvalue weighted by Gasteiger charge is -2.24. The smallest absolute Gasteiger partial charge is 0.317 e. The predicted octanol–water partition coefficient (Wildman–Crippen LogP) is 2.12. The molecule has 0 radical (unpaired) electrons. The van der Waals surface area contributed by atoms with Gasteiger partial charge in [-0.25, -0.2) is 4.79 Å². The van der Waals surface area contributed by atoms with E-state index in [0.717, 1.165) is 36.5 Å². The number of rotatable bonds is 4. The first kappa shape index (κ1) is 15.0. The van der Waals surface area contributed by atoms with Crippen molar-refractivity contribution < 1.29 is 19.0 Å². The van der Waals surface area contributed by atoms with Crippen molar-refractivity contribution in [3.63, 3.8) is 0 Å². The molecule has 120 valence electrons. The lowest BCUT2D eigenvalue weighted by atomic mass is 10.1. The van der Waals surface area contributed by atoms with Crippen LogP contribution in [0.2, 0.25) is 0 Å². The Kier molecular flexibility index (Phi) is 4.38. The van der Waals surface area contributed by atoms with Gasteiger partial charge >= 0.3 is 6.03 Å². The maximum Gasteiger partial charge on any atom is 0.317 e. The Labute approximate surface area is 130 Å². The maximum atomic E-state index is 12.3. The van der Waals surface area contributed by atoms with Gasteiger partial charge < -0.3 is 24.4 Å². The largest absolute Gasteiger partial charge is 0.454 e. The van der Waals surface area contributed by atoms with Crippen molar-refractivity contribution in [2.24, 2.45) is 0 Å². The molecule has 1 saturated heterocycles. The molecule has 2 aliphatic heterocycles. The average molecular weight is 306 g/mol. The summed E-state index contributed by atoms with van der Waals surface area (Å²) in [5, 5.41) is 3.00. The minimum atomic E-state index is -0.0966. The summed E-state index contributed by atoms with van der Waals surface area (Å²) in [6.45, 7) is 3.55. The number of urea groups is 1. The van der Waals surface area contributed by atoms with E-state index in [1.54, 1.807) is 11.9 Å². The molecule has 2 atom stereocenters. The zero-order chi connectivity index (χ0) is 15.5. The first-order valence-corrected chi connectivity index (χ1v) is 7.65. The van der Waals surface area contributed by atoms with Gasteiger partial charge in [0.25, 0.3) is 0 Å². The van der Waals surface area contributed by atoms with E-state index >= 15 is 0 Å². The number of carbonyl (C=O) groups is 1. The third-order valence-electron chi connectivity index (χ3n) is 4.08. The highest BCUT2D eigenvalue weighted by Gasteiger charge is 2.24. The Bertz CT molecular complexity index is 543. The van der Waals surface area contributed by atoms with Crippen LogP contribution in [0, 0.1) is 0 Å². The molecule has 6 heteroatoms. The van der Waals surface area contributed by atoms with Gasteiger partial charge in [0.1, 0.15) is 0 Å². The molecule has 6 nitrogen and oxygen atoms in total. The van der Waals surface area contributed by atoms with Crippen molar-refractivity contribution in [2.75, 3.05) is 20.4 Å². The van der Waals surface area contributed by atoms with Gasteiger partial charge in [0.15, 0.2) is 11.5 Å². The molecular formula is C16H22N2O4. The Balaban J connectivity index is 1.54. The van der Waals surface area contributed by atoms with E-state index in [0.29, 0.717) is 6.54 Å². The zero-order valence-electron chi connectivity index (χ0n) is 13.0. The van der Waals surface area contributed by atoms with Crippen LogP contribution in [0.3, 0.4) is 0 Å². The van der Waals surface area contributed by atoms with E-state index in [9.17, 15) is 4.79 Å². The topological polar surface area (TPSA) is 60.0 Å². The predicted molar refractivity (Wildman–Crippen MR) is 81.0 cm³/mol. The quantitative estimate of drug-likeness (QED) is 0.925. The lowest BCUT2D eigenvalue weighted by molar-refractivity contribution is 0.0838. The van der Waals surface area contributed by atoms with Crippen LogP contribution >= 0.6 is 0 Å². The van der Waals surface area contributed by atoms with Crippen LogP contribution in [-0.2, 0) is 11.3 Å². The molecule has 3 rings (SSSR count). The van der Waals surface area contributed by atoms with Crippen molar-refractivity contribution in [3.05, 3.63) is 23.8 Å². The number of carbonyl (C=O) groups excluding carboxylic acids is 1. The molecule has 2 heterocycles. The van der Waals surface area contributed by atoms with E-state index in [1.807, 2.05) is 25.1 Å². The summed E-state index contributed by atoms with van der Waals surface area (Å²) < 4.78 is 16.2. The molecule has 22 heavy (non-hydrogen) atoms. The number of fused-ring (bicyclic) bond motifs is 1. The SMILES string of the molecule is CC(NC(=O)N(C)Cc1ccc2c(c1)OCO2)C1CCCO1. The van der Waals surface area contributed by atoms with Crippen molar-refractivity contribution in [1.82, 2.24) is 10.2 Å².